The van der Waals surface area contributed by atoms with Gasteiger partial charge in [-0.2, -0.15) is 0 Å². The number of hydrogen-bond acceptors (Lipinski definition) is 2. The summed E-state index contributed by atoms with van der Waals surface area (Å²) >= 11 is 0. The van der Waals surface area contributed by atoms with Crippen molar-refractivity contribution >= 4 is 11.7 Å². The maximum Gasteiger partial charge on any atom is 0.319 e. The molecule has 1 saturated heterocycles. The SMILES string of the molecule is Cc1ccc(NC(=O)NCC2CCN(Cc3ccccc3)CC2)cc1C. The molecule has 1 aliphatic heterocycles. The Morgan fingerprint density at radius 2 is 1.77 bits per heavy atom. The molecule has 26 heavy (non-hydrogen) atoms. The zero-order chi connectivity index (χ0) is 18.4. The first-order chi connectivity index (χ1) is 12.6. The largest absolute Gasteiger partial charge is 0.338 e. The minimum absolute atomic E-state index is 0.111. The Morgan fingerprint density at radius 1 is 1.04 bits per heavy atom. The number of amides is 2. The number of hydrogen-bond donors (Lipinski definition) is 2. The van der Waals surface area contributed by atoms with Crippen LogP contribution in [0.25, 0.3) is 0 Å². The number of piperidine rings is 1. The number of likely N-dealkylation sites (tertiary alicyclic amines) is 1. The Labute approximate surface area is 156 Å². The van der Waals surface area contributed by atoms with Crippen molar-refractivity contribution in [3.63, 3.8) is 0 Å². The predicted octanol–water partition coefficient (Wildman–Crippen LogP) is 4.34. The molecular weight excluding hydrogens is 322 g/mol. The highest BCUT2D eigenvalue weighted by Crippen LogP contribution is 2.19. The first-order valence-corrected chi connectivity index (χ1v) is 9.48. The summed E-state index contributed by atoms with van der Waals surface area (Å²) in [5, 5.41) is 5.96. The summed E-state index contributed by atoms with van der Waals surface area (Å²) in [4.78, 5) is 14.6. The molecular formula is C22H29N3O. The second-order valence-electron chi connectivity index (χ2n) is 7.34. The normalized spacial score (nSPS) is 15.6. The van der Waals surface area contributed by atoms with E-state index in [1.807, 2.05) is 18.2 Å². The average Bonchev–Trinajstić information content (AvgIpc) is 2.65. The zero-order valence-electron chi connectivity index (χ0n) is 15.8. The van der Waals surface area contributed by atoms with Gasteiger partial charge in [-0.25, -0.2) is 4.79 Å². The van der Waals surface area contributed by atoms with Gasteiger partial charge < -0.3 is 10.6 Å². The molecule has 2 aromatic rings. The predicted molar refractivity (Wildman–Crippen MR) is 107 cm³/mol. The topological polar surface area (TPSA) is 44.4 Å². The van der Waals surface area contributed by atoms with Crippen molar-refractivity contribution in [2.45, 2.75) is 33.2 Å². The number of carbonyl (C=O) groups is 1. The fourth-order valence-corrected chi connectivity index (χ4v) is 3.42. The number of anilines is 1. The van der Waals surface area contributed by atoms with Gasteiger partial charge in [0.25, 0.3) is 0 Å². The van der Waals surface area contributed by atoms with Gasteiger partial charge in [0.2, 0.25) is 0 Å². The number of carbonyl (C=O) groups excluding carboxylic acids is 1. The minimum atomic E-state index is -0.111. The van der Waals surface area contributed by atoms with Crippen LogP contribution in [0.5, 0.6) is 0 Å². The van der Waals surface area contributed by atoms with Crippen LogP contribution in [-0.2, 0) is 6.54 Å². The maximum atomic E-state index is 12.1. The Hall–Kier alpha value is -2.33. The molecule has 1 aliphatic rings. The van der Waals surface area contributed by atoms with E-state index >= 15 is 0 Å². The van der Waals surface area contributed by atoms with Crippen LogP contribution in [0.2, 0.25) is 0 Å². The third kappa shape index (κ3) is 5.33. The summed E-state index contributed by atoms with van der Waals surface area (Å²) in [5.74, 6) is 0.563. The lowest BCUT2D eigenvalue weighted by atomic mass is 9.96. The van der Waals surface area contributed by atoms with E-state index in [4.69, 9.17) is 0 Å². The van der Waals surface area contributed by atoms with Crippen LogP contribution in [-0.4, -0.2) is 30.6 Å². The lowest BCUT2D eigenvalue weighted by Crippen LogP contribution is -2.39. The lowest BCUT2D eigenvalue weighted by Gasteiger charge is -2.32. The highest BCUT2D eigenvalue weighted by molar-refractivity contribution is 5.89. The highest BCUT2D eigenvalue weighted by Gasteiger charge is 2.19. The molecule has 2 aromatic carbocycles. The molecule has 1 fully saturated rings. The fourth-order valence-electron chi connectivity index (χ4n) is 3.42. The molecule has 1 heterocycles. The van der Waals surface area contributed by atoms with Gasteiger partial charge in [0.05, 0.1) is 0 Å². The lowest BCUT2D eigenvalue weighted by molar-refractivity contribution is 0.175. The summed E-state index contributed by atoms with van der Waals surface area (Å²) in [6.07, 6.45) is 2.27. The van der Waals surface area contributed by atoms with Gasteiger partial charge in [-0.05, 0) is 74.5 Å². The van der Waals surface area contributed by atoms with Crippen LogP contribution >= 0.6 is 0 Å². The van der Waals surface area contributed by atoms with Crippen LogP contribution in [0, 0.1) is 19.8 Å². The molecule has 0 bridgehead atoms. The summed E-state index contributed by atoms with van der Waals surface area (Å²) < 4.78 is 0. The molecule has 2 amide bonds. The van der Waals surface area contributed by atoms with Crippen molar-refractivity contribution in [2.75, 3.05) is 25.0 Å². The van der Waals surface area contributed by atoms with Crippen LogP contribution < -0.4 is 10.6 Å². The Morgan fingerprint density at radius 3 is 2.46 bits per heavy atom. The van der Waals surface area contributed by atoms with Crippen molar-refractivity contribution in [3.05, 3.63) is 65.2 Å². The Bertz CT molecular complexity index is 721. The van der Waals surface area contributed by atoms with E-state index in [1.165, 1.54) is 16.7 Å². The quantitative estimate of drug-likeness (QED) is 0.842. The third-order valence-corrected chi connectivity index (χ3v) is 5.27. The number of nitrogens with zero attached hydrogens (tertiary/aromatic N) is 1. The van der Waals surface area contributed by atoms with Gasteiger partial charge >= 0.3 is 6.03 Å². The maximum absolute atomic E-state index is 12.1. The second-order valence-corrected chi connectivity index (χ2v) is 7.34. The van der Waals surface area contributed by atoms with Crippen molar-refractivity contribution in [1.82, 2.24) is 10.2 Å². The highest BCUT2D eigenvalue weighted by atomic mass is 16.2. The number of aryl methyl sites for hydroxylation is 2. The number of nitrogens with one attached hydrogen (secondary N) is 2. The van der Waals surface area contributed by atoms with Gasteiger partial charge in [-0.3, -0.25) is 4.90 Å². The van der Waals surface area contributed by atoms with Crippen molar-refractivity contribution in [1.29, 1.82) is 0 Å². The molecule has 0 spiro atoms. The molecule has 0 saturated carbocycles. The van der Waals surface area contributed by atoms with Gasteiger partial charge in [-0.15, -0.1) is 0 Å². The molecule has 0 aliphatic carbocycles. The van der Waals surface area contributed by atoms with Crippen LogP contribution in [0.15, 0.2) is 48.5 Å². The summed E-state index contributed by atoms with van der Waals surface area (Å²) in [7, 11) is 0. The number of benzene rings is 2. The zero-order valence-corrected chi connectivity index (χ0v) is 15.8. The van der Waals surface area contributed by atoms with E-state index in [0.29, 0.717) is 5.92 Å². The summed E-state index contributed by atoms with van der Waals surface area (Å²) in [5.41, 5.74) is 4.65. The first kappa shape index (κ1) is 18.5. The molecule has 0 radical (unpaired) electrons. The fraction of sp³-hybridized carbons (Fsp3) is 0.409. The monoisotopic (exact) mass is 351 g/mol. The number of rotatable bonds is 5. The molecule has 4 heteroatoms. The second kappa shape index (κ2) is 8.86. The standard InChI is InChI=1S/C22H29N3O/c1-17-8-9-21(14-18(17)2)24-22(26)23-15-19-10-12-25(13-11-19)16-20-6-4-3-5-7-20/h3-9,14,19H,10-13,15-16H2,1-2H3,(H2,23,24,26). The van der Waals surface area contributed by atoms with E-state index in [2.05, 4.69) is 59.7 Å². The smallest absolute Gasteiger partial charge is 0.319 e. The van der Waals surface area contributed by atoms with Crippen LogP contribution in [0.4, 0.5) is 10.5 Å². The van der Waals surface area contributed by atoms with Crippen molar-refractivity contribution in [2.24, 2.45) is 5.92 Å². The van der Waals surface area contributed by atoms with E-state index in [9.17, 15) is 4.79 Å². The third-order valence-electron chi connectivity index (χ3n) is 5.27. The van der Waals surface area contributed by atoms with Gasteiger partial charge in [0.1, 0.15) is 0 Å². The van der Waals surface area contributed by atoms with Gasteiger partial charge in [0.15, 0.2) is 0 Å². The summed E-state index contributed by atoms with van der Waals surface area (Å²) in [6, 6.07) is 16.5. The van der Waals surface area contributed by atoms with Crippen molar-refractivity contribution in [3.8, 4) is 0 Å². The molecule has 0 atom stereocenters. The Kier molecular flexibility index (Phi) is 6.29. The molecule has 138 valence electrons. The van der Waals surface area contributed by atoms with Crippen LogP contribution in [0.3, 0.4) is 0 Å². The average molecular weight is 351 g/mol. The van der Waals surface area contributed by atoms with E-state index in [-0.39, 0.29) is 6.03 Å². The molecule has 2 N–H and O–H groups in total. The first-order valence-electron chi connectivity index (χ1n) is 9.48. The van der Waals surface area contributed by atoms with E-state index in [1.54, 1.807) is 0 Å². The minimum Gasteiger partial charge on any atom is -0.338 e. The molecule has 4 nitrogen and oxygen atoms in total. The molecule has 0 aromatic heterocycles. The van der Waals surface area contributed by atoms with E-state index < -0.39 is 0 Å². The van der Waals surface area contributed by atoms with Crippen molar-refractivity contribution < 1.29 is 4.79 Å². The Balaban J connectivity index is 1.38. The summed E-state index contributed by atoms with van der Waals surface area (Å²) in [6.45, 7) is 8.09. The van der Waals surface area contributed by atoms with Crippen LogP contribution in [0.1, 0.15) is 29.5 Å². The molecule has 0 unspecified atom stereocenters. The van der Waals surface area contributed by atoms with E-state index in [0.717, 1.165) is 44.7 Å². The number of urea groups is 1. The van der Waals surface area contributed by atoms with Gasteiger partial charge in [0, 0.05) is 18.8 Å². The van der Waals surface area contributed by atoms with Gasteiger partial charge in [-0.1, -0.05) is 36.4 Å². The molecule has 3 rings (SSSR count).